The third-order valence-corrected chi connectivity index (χ3v) is 6.76. The van der Waals surface area contributed by atoms with E-state index in [2.05, 4.69) is 5.32 Å². The van der Waals surface area contributed by atoms with Crippen LogP contribution in [0.5, 0.6) is 0 Å². The largest absolute Gasteiger partial charge is 0.350 e. The summed E-state index contributed by atoms with van der Waals surface area (Å²) in [6.45, 7) is 2.94. The number of rotatable bonds is 8. The second-order valence-electron chi connectivity index (χ2n) is 7.67. The summed E-state index contributed by atoms with van der Waals surface area (Å²) in [6, 6.07) is 12.6. The van der Waals surface area contributed by atoms with Crippen LogP contribution in [0, 0.1) is 6.92 Å². The average molecular weight is 464 g/mol. The molecule has 1 aliphatic heterocycles. The summed E-state index contributed by atoms with van der Waals surface area (Å²) >= 11 is 6.12. The van der Waals surface area contributed by atoms with Crippen LogP contribution >= 0.6 is 11.6 Å². The number of carbonyl (C=O) groups excluding carboxylic acids is 2. The molecule has 2 aromatic carbocycles. The highest BCUT2D eigenvalue weighted by Gasteiger charge is 2.23. The second kappa shape index (κ2) is 9.70. The lowest BCUT2D eigenvalue weighted by atomic mass is 10.1. The Kier molecular flexibility index (Phi) is 7.23. The molecule has 0 aliphatic carbocycles. The Balaban J connectivity index is 1.65. The number of carbonyl (C=O) groups is 2. The average Bonchev–Trinajstić information content (AvgIpc) is 3.11. The zero-order valence-corrected chi connectivity index (χ0v) is 19.2. The zero-order valence-electron chi connectivity index (χ0n) is 17.6. The standard InChI is InChI=1S/C22H26ClN3O4S/c1-16-19(23)8-4-9-20(16)26(31(2,29)30)15-21(27)24-13-17-6-3-7-18(12-17)14-25-11-5-10-22(25)28/h3-4,6-9,12H,5,10-11,13-15H2,1-2H3,(H,24,27). The third kappa shape index (κ3) is 5.98. The minimum atomic E-state index is -3.68. The number of hydrogen-bond donors (Lipinski definition) is 1. The van der Waals surface area contributed by atoms with E-state index in [9.17, 15) is 18.0 Å². The van der Waals surface area contributed by atoms with Crippen molar-refractivity contribution < 1.29 is 18.0 Å². The Hall–Kier alpha value is -2.58. The molecule has 7 nitrogen and oxygen atoms in total. The minimum absolute atomic E-state index is 0.163. The summed E-state index contributed by atoms with van der Waals surface area (Å²) < 4.78 is 25.7. The fraction of sp³-hybridized carbons (Fsp3) is 0.364. The molecule has 31 heavy (non-hydrogen) atoms. The van der Waals surface area contributed by atoms with Crippen molar-refractivity contribution in [3.05, 3.63) is 64.2 Å². The molecule has 2 aromatic rings. The number of sulfonamides is 1. The van der Waals surface area contributed by atoms with Gasteiger partial charge in [0.1, 0.15) is 6.54 Å². The monoisotopic (exact) mass is 463 g/mol. The molecule has 1 heterocycles. The number of nitrogens with zero attached hydrogens (tertiary/aromatic N) is 2. The van der Waals surface area contributed by atoms with E-state index in [1.165, 1.54) is 0 Å². The second-order valence-corrected chi connectivity index (χ2v) is 9.98. The molecular weight excluding hydrogens is 438 g/mol. The van der Waals surface area contributed by atoms with E-state index < -0.39 is 15.9 Å². The first kappa shape index (κ1) is 23.1. The predicted octanol–water partition coefficient (Wildman–Crippen LogP) is 2.85. The summed E-state index contributed by atoms with van der Waals surface area (Å²) in [7, 11) is -3.68. The maximum absolute atomic E-state index is 12.5. The van der Waals surface area contributed by atoms with Crippen LogP contribution in [0.2, 0.25) is 5.02 Å². The van der Waals surface area contributed by atoms with Gasteiger partial charge in [0.05, 0.1) is 11.9 Å². The van der Waals surface area contributed by atoms with Crippen molar-refractivity contribution >= 4 is 39.1 Å². The summed E-state index contributed by atoms with van der Waals surface area (Å²) in [5, 5.41) is 3.21. The Morgan fingerprint density at radius 3 is 2.58 bits per heavy atom. The Bertz CT molecular complexity index is 1090. The van der Waals surface area contributed by atoms with Crippen LogP contribution in [0.3, 0.4) is 0 Å². The van der Waals surface area contributed by atoms with Crippen molar-refractivity contribution in [2.45, 2.75) is 32.9 Å². The summed E-state index contributed by atoms with van der Waals surface area (Å²) in [6.07, 6.45) is 2.54. The summed E-state index contributed by atoms with van der Waals surface area (Å²) in [5.74, 6) is -0.263. The molecule has 0 unspecified atom stereocenters. The molecule has 1 N–H and O–H groups in total. The third-order valence-electron chi connectivity index (χ3n) is 5.22. The molecule has 0 spiro atoms. The molecule has 0 aromatic heterocycles. The van der Waals surface area contributed by atoms with Crippen molar-refractivity contribution in [1.29, 1.82) is 0 Å². The summed E-state index contributed by atoms with van der Waals surface area (Å²) in [5.41, 5.74) is 2.84. The van der Waals surface area contributed by atoms with Gasteiger partial charge in [-0.25, -0.2) is 8.42 Å². The van der Waals surface area contributed by atoms with E-state index in [0.717, 1.165) is 34.7 Å². The van der Waals surface area contributed by atoms with Gasteiger partial charge >= 0.3 is 0 Å². The number of anilines is 1. The number of hydrogen-bond acceptors (Lipinski definition) is 4. The van der Waals surface area contributed by atoms with Gasteiger partial charge < -0.3 is 10.2 Å². The SMILES string of the molecule is Cc1c(Cl)cccc1N(CC(=O)NCc1cccc(CN2CCCC2=O)c1)S(C)(=O)=O. The van der Waals surface area contributed by atoms with Gasteiger partial charge in [0.15, 0.2) is 0 Å². The van der Waals surface area contributed by atoms with E-state index >= 15 is 0 Å². The maximum atomic E-state index is 12.5. The van der Waals surface area contributed by atoms with Crippen LogP contribution in [0.15, 0.2) is 42.5 Å². The Morgan fingerprint density at radius 1 is 1.19 bits per heavy atom. The Morgan fingerprint density at radius 2 is 1.90 bits per heavy atom. The van der Waals surface area contributed by atoms with Crippen LogP contribution in [-0.4, -0.2) is 44.5 Å². The van der Waals surface area contributed by atoms with Crippen LogP contribution in [-0.2, 0) is 32.7 Å². The predicted molar refractivity (Wildman–Crippen MR) is 121 cm³/mol. The van der Waals surface area contributed by atoms with Gasteiger partial charge in [-0.15, -0.1) is 0 Å². The van der Waals surface area contributed by atoms with Gasteiger partial charge in [-0.3, -0.25) is 13.9 Å². The quantitative estimate of drug-likeness (QED) is 0.652. The molecule has 0 bridgehead atoms. The van der Waals surface area contributed by atoms with Gasteiger partial charge in [0.2, 0.25) is 21.8 Å². The Labute approximate surface area is 188 Å². The first-order valence-corrected chi connectivity index (χ1v) is 12.2. The fourth-order valence-corrected chi connectivity index (χ4v) is 4.64. The van der Waals surface area contributed by atoms with Crippen molar-refractivity contribution in [3.8, 4) is 0 Å². The molecule has 1 fully saturated rings. The molecule has 2 amide bonds. The van der Waals surface area contributed by atoms with Gasteiger partial charge in [0, 0.05) is 31.1 Å². The smallest absolute Gasteiger partial charge is 0.241 e. The van der Waals surface area contributed by atoms with Crippen LogP contribution in [0.4, 0.5) is 5.69 Å². The topological polar surface area (TPSA) is 86.8 Å². The molecule has 166 valence electrons. The first-order valence-electron chi connectivity index (χ1n) is 10.0. The number of benzene rings is 2. The molecule has 1 aliphatic rings. The lowest BCUT2D eigenvalue weighted by Crippen LogP contribution is -2.40. The maximum Gasteiger partial charge on any atom is 0.241 e. The molecule has 3 rings (SSSR count). The highest BCUT2D eigenvalue weighted by Crippen LogP contribution is 2.28. The van der Waals surface area contributed by atoms with E-state index in [-0.39, 0.29) is 19.0 Å². The molecule has 0 saturated carbocycles. The number of nitrogens with one attached hydrogen (secondary N) is 1. The highest BCUT2D eigenvalue weighted by atomic mass is 35.5. The number of halogens is 1. The van der Waals surface area contributed by atoms with Crippen molar-refractivity contribution in [3.63, 3.8) is 0 Å². The molecular formula is C22H26ClN3O4S. The number of amides is 2. The van der Waals surface area contributed by atoms with E-state index in [1.807, 2.05) is 29.2 Å². The van der Waals surface area contributed by atoms with Crippen molar-refractivity contribution in [2.75, 3.05) is 23.7 Å². The lowest BCUT2D eigenvalue weighted by Gasteiger charge is -2.24. The fourth-order valence-electron chi connectivity index (χ4n) is 3.56. The summed E-state index contributed by atoms with van der Waals surface area (Å²) in [4.78, 5) is 26.2. The van der Waals surface area contributed by atoms with Crippen molar-refractivity contribution in [2.24, 2.45) is 0 Å². The lowest BCUT2D eigenvalue weighted by molar-refractivity contribution is -0.128. The van der Waals surface area contributed by atoms with E-state index in [4.69, 9.17) is 11.6 Å². The molecule has 1 saturated heterocycles. The van der Waals surface area contributed by atoms with Crippen LogP contribution in [0.25, 0.3) is 0 Å². The zero-order chi connectivity index (χ0) is 22.6. The van der Waals surface area contributed by atoms with Crippen molar-refractivity contribution in [1.82, 2.24) is 10.2 Å². The van der Waals surface area contributed by atoms with Gasteiger partial charge in [-0.05, 0) is 42.2 Å². The number of likely N-dealkylation sites (tertiary alicyclic amines) is 1. The van der Waals surface area contributed by atoms with E-state index in [0.29, 0.717) is 29.2 Å². The van der Waals surface area contributed by atoms with Gasteiger partial charge in [-0.1, -0.05) is 41.9 Å². The van der Waals surface area contributed by atoms with Crippen LogP contribution in [0.1, 0.15) is 29.5 Å². The highest BCUT2D eigenvalue weighted by molar-refractivity contribution is 7.92. The molecule has 0 atom stereocenters. The minimum Gasteiger partial charge on any atom is -0.350 e. The molecule has 0 radical (unpaired) electrons. The van der Waals surface area contributed by atoms with Crippen LogP contribution < -0.4 is 9.62 Å². The normalized spacial score (nSPS) is 14.0. The van der Waals surface area contributed by atoms with E-state index in [1.54, 1.807) is 25.1 Å². The van der Waals surface area contributed by atoms with Gasteiger partial charge in [0.25, 0.3) is 0 Å². The van der Waals surface area contributed by atoms with Gasteiger partial charge in [-0.2, -0.15) is 0 Å². The first-order chi connectivity index (χ1) is 14.6. The molecule has 9 heteroatoms.